The number of carbonyl (C=O) groups excluding carboxylic acids is 1. The molecule has 1 N–H and O–H groups in total. The molecule has 0 aromatic heterocycles. The van der Waals surface area contributed by atoms with Crippen LogP contribution in [-0.2, 0) is 11.2 Å². The Labute approximate surface area is 151 Å². The highest BCUT2D eigenvalue weighted by Crippen LogP contribution is 2.20. The molecule has 0 aliphatic carbocycles. The lowest BCUT2D eigenvalue weighted by atomic mass is 9.99. The average Bonchev–Trinajstić information content (AvgIpc) is 3.12. The van der Waals surface area contributed by atoms with E-state index in [2.05, 4.69) is 45.5 Å². The Kier molecular flexibility index (Phi) is 6.31. The number of hydrogen-bond acceptors (Lipinski definition) is 2. The Morgan fingerprint density at radius 3 is 2.60 bits per heavy atom. The summed E-state index contributed by atoms with van der Waals surface area (Å²) in [6.45, 7) is 4.18. The summed E-state index contributed by atoms with van der Waals surface area (Å²) < 4.78 is 0. The summed E-state index contributed by atoms with van der Waals surface area (Å²) in [5.74, 6) is 1.71. The Bertz CT molecular complexity index is 581. The number of guanidine groups is 1. The third-order valence-electron chi connectivity index (χ3n) is 5.27. The molecule has 25 heavy (non-hydrogen) atoms. The van der Waals surface area contributed by atoms with E-state index < -0.39 is 0 Å². The predicted octanol–water partition coefficient (Wildman–Crippen LogP) is 2.14. The van der Waals surface area contributed by atoms with Gasteiger partial charge in [0, 0.05) is 33.2 Å². The molecule has 1 atom stereocenters. The quantitative estimate of drug-likeness (QED) is 0.674. The number of benzene rings is 1. The van der Waals surface area contributed by atoms with E-state index in [1.807, 2.05) is 4.90 Å². The molecule has 2 heterocycles. The van der Waals surface area contributed by atoms with Gasteiger partial charge in [0.2, 0.25) is 5.91 Å². The van der Waals surface area contributed by atoms with Gasteiger partial charge < -0.3 is 15.1 Å². The van der Waals surface area contributed by atoms with Gasteiger partial charge in [0.1, 0.15) is 0 Å². The Balaban J connectivity index is 1.46. The van der Waals surface area contributed by atoms with Crippen molar-refractivity contribution in [2.75, 3.05) is 39.8 Å². The first-order chi connectivity index (χ1) is 12.3. The van der Waals surface area contributed by atoms with Crippen LogP contribution in [0.5, 0.6) is 0 Å². The molecule has 0 radical (unpaired) electrons. The third-order valence-corrected chi connectivity index (χ3v) is 5.27. The van der Waals surface area contributed by atoms with Crippen LogP contribution in [0.25, 0.3) is 0 Å². The van der Waals surface area contributed by atoms with Gasteiger partial charge in [0.15, 0.2) is 5.96 Å². The molecule has 2 fully saturated rings. The van der Waals surface area contributed by atoms with Crippen molar-refractivity contribution in [2.24, 2.45) is 10.9 Å². The molecule has 5 heteroatoms. The normalized spacial score (nSPS) is 21.5. The van der Waals surface area contributed by atoms with Crippen LogP contribution in [0.4, 0.5) is 0 Å². The molecular formula is C20H30N4O. The third kappa shape index (κ3) is 4.97. The van der Waals surface area contributed by atoms with Crippen molar-refractivity contribution in [1.82, 2.24) is 15.1 Å². The number of nitrogens with zero attached hydrogens (tertiary/aromatic N) is 3. The second-order valence-corrected chi connectivity index (χ2v) is 7.13. The van der Waals surface area contributed by atoms with Gasteiger partial charge >= 0.3 is 0 Å². The first kappa shape index (κ1) is 17.8. The molecule has 1 unspecified atom stereocenters. The average molecular weight is 342 g/mol. The van der Waals surface area contributed by atoms with Crippen molar-refractivity contribution in [1.29, 1.82) is 0 Å². The van der Waals surface area contributed by atoms with Gasteiger partial charge in [-0.1, -0.05) is 30.3 Å². The summed E-state index contributed by atoms with van der Waals surface area (Å²) in [7, 11) is 1.80. The molecule has 5 nitrogen and oxygen atoms in total. The summed E-state index contributed by atoms with van der Waals surface area (Å²) >= 11 is 0. The van der Waals surface area contributed by atoms with Gasteiger partial charge in [-0.2, -0.15) is 0 Å². The number of hydrogen-bond donors (Lipinski definition) is 1. The van der Waals surface area contributed by atoms with E-state index in [-0.39, 0.29) is 5.91 Å². The minimum atomic E-state index is 0.195. The van der Waals surface area contributed by atoms with E-state index in [0.29, 0.717) is 12.5 Å². The molecule has 0 spiro atoms. The predicted molar refractivity (Wildman–Crippen MR) is 102 cm³/mol. The number of rotatable bonds is 4. The summed E-state index contributed by atoms with van der Waals surface area (Å²) in [6, 6.07) is 10.7. The molecule has 2 aliphatic rings. The summed E-state index contributed by atoms with van der Waals surface area (Å²) in [5.41, 5.74) is 1.40. The smallest absolute Gasteiger partial charge is 0.241 e. The van der Waals surface area contributed by atoms with Gasteiger partial charge in [0.05, 0.1) is 6.54 Å². The van der Waals surface area contributed by atoms with Gasteiger partial charge in [-0.3, -0.25) is 9.79 Å². The number of amides is 1. The van der Waals surface area contributed by atoms with Crippen molar-refractivity contribution in [3.63, 3.8) is 0 Å². The van der Waals surface area contributed by atoms with Crippen molar-refractivity contribution < 1.29 is 4.79 Å². The van der Waals surface area contributed by atoms with Crippen LogP contribution in [0, 0.1) is 5.92 Å². The van der Waals surface area contributed by atoms with E-state index in [1.165, 1.54) is 18.4 Å². The number of likely N-dealkylation sites (tertiary alicyclic amines) is 2. The summed E-state index contributed by atoms with van der Waals surface area (Å²) in [4.78, 5) is 21.0. The lowest BCUT2D eigenvalue weighted by molar-refractivity contribution is -0.130. The molecule has 136 valence electrons. The topological polar surface area (TPSA) is 47.9 Å². The van der Waals surface area contributed by atoms with Gasteiger partial charge in [-0.05, 0) is 43.6 Å². The van der Waals surface area contributed by atoms with Crippen molar-refractivity contribution in [3.05, 3.63) is 35.9 Å². The first-order valence-electron chi connectivity index (χ1n) is 9.53. The minimum Gasteiger partial charge on any atom is -0.347 e. The lowest BCUT2D eigenvalue weighted by Gasteiger charge is -2.28. The number of carbonyl (C=O) groups is 1. The molecule has 3 rings (SSSR count). The fraction of sp³-hybridized carbons (Fsp3) is 0.600. The van der Waals surface area contributed by atoms with E-state index in [9.17, 15) is 4.79 Å². The van der Waals surface area contributed by atoms with Gasteiger partial charge in [0.25, 0.3) is 0 Å². The maximum absolute atomic E-state index is 12.3. The maximum Gasteiger partial charge on any atom is 0.241 e. The van der Waals surface area contributed by atoms with E-state index in [1.54, 1.807) is 7.05 Å². The van der Waals surface area contributed by atoms with E-state index in [0.717, 1.165) is 51.4 Å². The van der Waals surface area contributed by atoms with Crippen LogP contribution >= 0.6 is 0 Å². The number of piperidine rings is 1. The molecule has 0 bridgehead atoms. The molecule has 1 amide bonds. The fourth-order valence-corrected chi connectivity index (χ4v) is 3.88. The molecular weight excluding hydrogens is 312 g/mol. The zero-order valence-electron chi connectivity index (χ0n) is 15.3. The summed E-state index contributed by atoms with van der Waals surface area (Å²) in [5, 5.41) is 3.28. The highest BCUT2D eigenvalue weighted by Gasteiger charge is 2.25. The SMILES string of the molecule is CN=C(NCC(=O)N1CCCCC1)N1CCC(Cc2ccccc2)C1. The van der Waals surface area contributed by atoms with E-state index >= 15 is 0 Å². The summed E-state index contributed by atoms with van der Waals surface area (Å²) in [6.07, 6.45) is 5.80. The largest absolute Gasteiger partial charge is 0.347 e. The van der Waals surface area contributed by atoms with E-state index in [4.69, 9.17) is 0 Å². The van der Waals surface area contributed by atoms with Crippen LogP contribution in [-0.4, -0.2) is 61.4 Å². The lowest BCUT2D eigenvalue weighted by Crippen LogP contribution is -2.47. The zero-order valence-corrected chi connectivity index (χ0v) is 15.3. The van der Waals surface area contributed by atoms with Crippen molar-refractivity contribution in [2.45, 2.75) is 32.1 Å². The Morgan fingerprint density at radius 2 is 1.88 bits per heavy atom. The second kappa shape index (κ2) is 8.88. The molecule has 1 aromatic rings. The van der Waals surface area contributed by atoms with Crippen molar-refractivity contribution >= 4 is 11.9 Å². The second-order valence-electron chi connectivity index (χ2n) is 7.13. The van der Waals surface area contributed by atoms with Crippen LogP contribution in [0.1, 0.15) is 31.2 Å². The zero-order chi connectivity index (χ0) is 17.5. The standard InChI is InChI=1S/C20H30N4O/c1-21-20(22-15-19(25)23-11-6-3-7-12-23)24-13-10-18(16-24)14-17-8-4-2-5-9-17/h2,4-5,8-9,18H,3,6-7,10-16H2,1H3,(H,21,22). The van der Waals surface area contributed by atoms with Gasteiger partial charge in [-0.25, -0.2) is 0 Å². The van der Waals surface area contributed by atoms with Crippen LogP contribution < -0.4 is 5.32 Å². The molecule has 0 saturated carbocycles. The van der Waals surface area contributed by atoms with Crippen molar-refractivity contribution in [3.8, 4) is 0 Å². The maximum atomic E-state index is 12.3. The number of nitrogens with one attached hydrogen (secondary N) is 1. The molecule has 2 saturated heterocycles. The van der Waals surface area contributed by atoms with Gasteiger partial charge in [-0.15, -0.1) is 0 Å². The first-order valence-corrected chi connectivity index (χ1v) is 9.53. The Hall–Kier alpha value is -2.04. The van der Waals surface area contributed by atoms with Crippen LogP contribution in [0.3, 0.4) is 0 Å². The molecule has 1 aromatic carbocycles. The highest BCUT2D eigenvalue weighted by molar-refractivity contribution is 5.86. The monoisotopic (exact) mass is 342 g/mol. The Morgan fingerprint density at radius 1 is 1.12 bits per heavy atom. The fourth-order valence-electron chi connectivity index (χ4n) is 3.88. The number of aliphatic imine (C=N–C) groups is 1. The minimum absolute atomic E-state index is 0.195. The molecule has 2 aliphatic heterocycles. The van der Waals surface area contributed by atoms with Crippen LogP contribution in [0.2, 0.25) is 0 Å². The van der Waals surface area contributed by atoms with Crippen LogP contribution in [0.15, 0.2) is 35.3 Å². The highest BCUT2D eigenvalue weighted by atomic mass is 16.2.